The molecule has 1 aromatic rings. The van der Waals surface area contributed by atoms with Crippen LogP contribution in [0, 0.1) is 0 Å². The molecule has 1 heterocycles. The molecule has 0 aromatic heterocycles. The summed E-state index contributed by atoms with van der Waals surface area (Å²) in [4.78, 5) is 14.1. The van der Waals surface area contributed by atoms with E-state index in [1.165, 1.54) is 5.56 Å². The van der Waals surface area contributed by atoms with Crippen LogP contribution in [-0.2, 0) is 4.79 Å². The van der Waals surface area contributed by atoms with Gasteiger partial charge in [-0.05, 0) is 30.0 Å². The molecular weight excluding hydrogens is 240 g/mol. The molecule has 1 atom stereocenters. The third-order valence-electron chi connectivity index (χ3n) is 3.58. The van der Waals surface area contributed by atoms with E-state index in [0.29, 0.717) is 18.9 Å². The van der Waals surface area contributed by atoms with Gasteiger partial charge in [0.25, 0.3) is 0 Å². The van der Waals surface area contributed by atoms with Gasteiger partial charge in [-0.25, -0.2) is 0 Å². The fourth-order valence-corrected chi connectivity index (χ4v) is 2.39. The standard InChI is InChI=1S/C15H22N2O2/c1-11(2)12-3-5-13(6-4-12)17-9-8-16-14(7-10-18)15(17)19/h3-6,11,14,16,18H,7-10H2,1-2H3. The van der Waals surface area contributed by atoms with Crippen LogP contribution in [0.1, 0.15) is 31.7 Å². The molecule has 1 unspecified atom stereocenters. The summed E-state index contributed by atoms with van der Waals surface area (Å²) in [7, 11) is 0. The SMILES string of the molecule is CC(C)c1ccc(N2CCNC(CCO)C2=O)cc1. The van der Waals surface area contributed by atoms with Crippen molar-refractivity contribution in [1.82, 2.24) is 5.32 Å². The van der Waals surface area contributed by atoms with Crippen LogP contribution in [0.25, 0.3) is 0 Å². The number of rotatable bonds is 4. The van der Waals surface area contributed by atoms with E-state index in [-0.39, 0.29) is 18.6 Å². The molecule has 104 valence electrons. The molecule has 1 aliphatic rings. The van der Waals surface area contributed by atoms with Crippen LogP contribution in [0.4, 0.5) is 5.69 Å². The highest BCUT2D eigenvalue weighted by atomic mass is 16.3. The molecule has 1 fully saturated rings. The molecule has 0 spiro atoms. The van der Waals surface area contributed by atoms with E-state index in [0.717, 1.165) is 12.2 Å². The highest BCUT2D eigenvalue weighted by Crippen LogP contribution is 2.22. The predicted octanol–water partition coefficient (Wildman–Crippen LogP) is 1.50. The number of carbonyl (C=O) groups excluding carboxylic acids is 1. The first-order valence-electron chi connectivity index (χ1n) is 6.89. The fourth-order valence-electron chi connectivity index (χ4n) is 2.39. The molecule has 0 radical (unpaired) electrons. The third kappa shape index (κ3) is 3.14. The lowest BCUT2D eigenvalue weighted by molar-refractivity contribution is -0.122. The van der Waals surface area contributed by atoms with Gasteiger partial charge in [0, 0.05) is 25.4 Å². The normalized spacial score (nSPS) is 20.1. The van der Waals surface area contributed by atoms with Crippen molar-refractivity contribution in [1.29, 1.82) is 0 Å². The summed E-state index contributed by atoms with van der Waals surface area (Å²) in [6.45, 7) is 5.79. The van der Waals surface area contributed by atoms with Crippen molar-refractivity contribution < 1.29 is 9.90 Å². The predicted molar refractivity (Wildman–Crippen MR) is 76.4 cm³/mol. The summed E-state index contributed by atoms with van der Waals surface area (Å²) in [5.41, 5.74) is 2.22. The van der Waals surface area contributed by atoms with Crippen molar-refractivity contribution in [3.63, 3.8) is 0 Å². The monoisotopic (exact) mass is 262 g/mol. The van der Waals surface area contributed by atoms with E-state index < -0.39 is 0 Å². The number of amides is 1. The van der Waals surface area contributed by atoms with Crippen LogP contribution >= 0.6 is 0 Å². The van der Waals surface area contributed by atoms with E-state index in [4.69, 9.17) is 5.11 Å². The van der Waals surface area contributed by atoms with Crippen LogP contribution in [0.2, 0.25) is 0 Å². The van der Waals surface area contributed by atoms with Gasteiger partial charge in [-0.1, -0.05) is 26.0 Å². The summed E-state index contributed by atoms with van der Waals surface area (Å²) in [6.07, 6.45) is 0.472. The number of nitrogens with one attached hydrogen (secondary N) is 1. The molecule has 19 heavy (non-hydrogen) atoms. The molecule has 2 N–H and O–H groups in total. The molecule has 1 aromatic carbocycles. The average Bonchev–Trinajstić information content (AvgIpc) is 2.41. The van der Waals surface area contributed by atoms with Crippen molar-refractivity contribution >= 4 is 11.6 Å². The molecule has 0 aliphatic carbocycles. The number of aliphatic hydroxyl groups is 1. The molecule has 4 heteroatoms. The van der Waals surface area contributed by atoms with Crippen molar-refractivity contribution in [3.05, 3.63) is 29.8 Å². The average molecular weight is 262 g/mol. The maximum Gasteiger partial charge on any atom is 0.244 e. The number of benzene rings is 1. The van der Waals surface area contributed by atoms with E-state index in [9.17, 15) is 4.79 Å². The van der Waals surface area contributed by atoms with Crippen LogP contribution in [0.15, 0.2) is 24.3 Å². The Kier molecular flexibility index (Phi) is 4.56. The van der Waals surface area contributed by atoms with Gasteiger partial charge in [-0.15, -0.1) is 0 Å². The molecular formula is C15H22N2O2. The second-order valence-corrected chi connectivity index (χ2v) is 5.26. The van der Waals surface area contributed by atoms with Crippen molar-refractivity contribution in [2.75, 3.05) is 24.6 Å². The van der Waals surface area contributed by atoms with Crippen molar-refractivity contribution in [2.45, 2.75) is 32.2 Å². The molecule has 2 rings (SSSR count). The maximum absolute atomic E-state index is 12.3. The quantitative estimate of drug-likeness (QED) is 0.864. The minimum Gasteiger partial charge on any atom is -0.396 e. The van der Waals surface area contributed by atoms with Gasteiger partial charge >= 0.3 is 0 Å². The van der Waals surface area contributed by atoms with Gasteiger partial charge in [-0.3, -0.25) is 4.79 Å². The van der Waals surface area contributed by atoms with E-state index in [1.54, 1.807) is 4.90 Å². The Morgan fingerprint density at radius 3 is 2.63 bits per heavy atom. The Labute approximate surface area is 114 Å². The molecule has 0 bridgehead atoms. The van der Waals surface area contributed by atoms with Crippen molar-refractivity contribution in [2.24, 2.45) is 0 Å². The fraction of sp³-hybridized carbons (Fsp3) is 0.533. The molecule has 4 nitrogen and oxygen atoms in total. The highest BCUT2D eigenvalue weighted by Gasteiger charge is 2.28. The minimum atomic E-state index is -0.261. The number of hydrogen-bond acceptors (Lipinski definition) is 3. The molecule has 1 aliphatic heterocycles. The lowest BCUT2D eigenvalue weighted by atomic mass is 10.0. The lowest BCUT2D eigenvalue weighted by Crippen LogP contribution is -2.55. The second-order valence-electron chi connectivity index (χ2n) is 5.26. The summed E-state index contributed by atoms with van der Waals surface area (Å²) >= 11 is 0. The van der Waals surface area contributed by atoms with E-state index >= 15 is 0 Å². The first-order chi connectivity index (χ1) is 9.13. The summed E-state index contributed by atoms with van der Waals surface area (Å²) in [6, 6.07) is 7.92. The number of hydrogen-bond donors (Lipinski definition) is 2. The van der Waals surface area contributed by atoms with Crippen LogP contribution in [0.5, 0.6) is 0 Å². The Morgan fingerprint density at radius 2 is 2.05 bits per heavy atom. The smallest absolute Gasteiger partial charge is 0.244 e. The van der Waals surface area contributed by atoms with E-state index in [2.05, 4.69) is 31.3 Å². The first-order valence-corrected chi connectivity index (χ1v) is 6.89. The highest BCUT2D eigenvalue weighted by molar-refractivity contribution is 5.97. The van der Waals surface area contributed by atoms with Gasteiger partial charge in [0.1, 0.15) is 0 Å². The van der Waals surface area contributed by atoms with Gasteiger partial charge in [0.15, 0.2) is 0 Å². The Morgan fingerprint density at radius 1 is 1.37 bits per heavy atom. The van der Waals surface area contributed by atoms with Crippen LogP contribution < -0.4 is 10.2 Å². The van der Waals surface area contributed by atoms with Crippen LogP contribution in [-0.4, -0.2) is 36.8 Å². The molecule has 1 amide bonds. The maximum atomic E-state index is 12.3. The first kappa shape index (κ1) is 14.0. The largest absolute Gasteiger partial charge is 0.396 e. The second kappa shape index (κ2) is 6.17. The molecule has 1 saturated heterocycles. The van der Waals surface area contributed by atoms with Crippen molar-refractivity contribution in [3.8, 4) is 0 Å². The molecule has 0 saturated carbocycles. The topological polar surface area (TPSA) is 52.6 Å². The van der Waals surface area contributed by atoms with Gasteiger partial charge in [0.2, 0.25) is 5.91 Å². The summed E-state index contributed by atoms with van der Waals surface area (Å²) in [5.74, 6) is 0.549. The zero-order chi connectivity index (χ0) is 13.8. The lowest BCUT2D eigenvalue weighted by Gasteiger charge is -2.33. The Balaban J connectivity index is 2.14. The number of aliphatic hydroxyl groups excluding tert-OH is 1. The summed E-state index contributed by atoms with van der Waals surface area (Å²) in [5, 5.41) is 12.1. The third-order valence-corrected chi connectivity index (χ3v) is 3.58. The number of piperazine rings is 1. The number of anilines is 1. The minimum absolute atomic E-state index is 0.0313. The number of nitrogens with zero attached hydrogens (tertiary/aromatic N) is 1. The van der Waals surface area contributed by atoms with Gasteiger partial charge < -0.3 is 15.3 Å². The Bertz CT molecular complexity index is 426. The summed E-state index contributed by atoms with van der Waals surface area (Å²) < 4.78 is 0. The zero-order valence-electron chi connectivity index (χ0n) is 11.6. The number of carbonyl (C=O) groups is 1. The van der Waals surface area contributed by atoms with Crippen LogP contribution in [0.3, 0.4) is 0 Å². The van der Waals surface area contributed by atoms with Gasteiger partial charge in [-0.2, -0.15) is 0 Å². The zero-order valence-corrected chi connectivity index (χ0v) is 11.6. The van der Waals surface area contributed by atoms with E-state index in [1.807, 2.05) is 12.1 Å². The Hall–Kier alpha value is -1.39. The van der Waals surface area contributed by atoms with Gasteiger partial charge in [0.05, 0.1) is 6.04 Å².